The molecular weight excluding hydrogens is 401 g/mol. The first-order chi connectivity index (χ1) is 13.4. The highest BCUT2D eigenvalue weighted by atomic mass is 35.5. The molecule has 7 nitrogen and oxygen atoms in total. The third-order valence-electron chi connectivity index (χ3n) is 5.25. The van der Waals surface area contributed by atoms with Gasteiger partial charge in [0.05, 0.1) is 23.2 Å². The molecule has 1 aromatic carbocycles. The summed E-state index contributed by atoms with van der Waals surface area (Å²) >= 11 is 12.5. The first kappa shape index (κ1) is 19.0. The molecule has 146 valence electrons. The Kier molecular flexibility index (Phi) is 4.89. The topological polar surface area (TPSA) is 79.6 Å². The molecule has 2 fully saturated rings. The summed E-state index contributed by atoms with van der Waals surface area (Å²) in [5.41, 5.74) is 1.05. The molecule has 1 spiro atoms. The molecule has 0 atom stereocenters. The van der Waals surface area contributed by atoms with Gasteiger partial charge in [-0.25, -0.2) is 9.48 Å². The zero-order chi connectivity index (χ0) is 19.9. The van der Waals surface area contributed by atoms with E-state index in [1.54, 1.807) is 29.8 Å². The van der Waals surface area contributed by atoms with E-state index in [-0.39, 0.29) is 5.91 Å². The zero-order valence-corrected chi connectivity index (χ0v) is 16.8. The van der Waals surface area contributed by atoms with E-state index >= 15 is 0 Å². The number of aromatic nitrogens is 2. The largest absolute Gasteiger partial charge is 0.346 e. The normalized spacial score (nSPS) is 19.0. The maximum atomic E-state index is 12.8. The number of carbonyl (C=O) groups is 2. The fraction of sp³-hybridized carbons (Fsp3) is 0.368. The van der Waals surface area contributed by atoms with Gasteiger partial charge in [0, 0.05) is 5.02 Å². The lowest BCUT2D eigenvalue weighted by molar-refractivity contribution is -0.132. The van der Waals surface area contributed by atoms with Crippen molar-refractivity contribution in [3.8, 4) is 5.69 Å². The number of nitrogens with zero attached hydrogens (tertiary/aromatic N) is 4. The number of nitrogens with one attached hydrogen (secondary N) is 1. The Morgan fingerprint density at radius 3 is 2.68 bits per heavy atom. The van der Waals surface area contributed by atoms with Gasteiger partial charge >= 0.3 is 6.03 Å². The number of hydrazone groups is 1. The van der Waals surface area contributed by atoms with Crippen LogP contribution in [-0.2, 0) is 4.79 Å². The van der Waals surface area contributed by atoms with E-state index < -0.39 is 11.6 Å². The molecule has 1 aliphatic heterocycles. The molecule has 28 heavy (non-hydrogen) atoms. The number of halogens is 2. The zero-order valence-electron chi connectivity index (χ0n) is 15.3. The first-order valence-electron chi connectivity index (χ1n) is 9.13. The van der Waals surface area contributed by atoms with E-state index in [1.165, 1.54) is 6.21 Å². The molecule has 0 unspecified atom stereocenters. The van der Waals surface area contributed by atoms with Crippen molar-refractivity contribution < 1.29 is 9.59 Å². The maximum Gasteiger partial charge on any atom is 0.346 e. The Morgan fingerprint density at radius 2 is 1.96 bits per heavy atom. The van der Waals surface area contributed by atoms with Crippen LogP contribution in [0.4, 0.5) is 4.79 Å². The van der Waals surface area contributed by atoms with Crippen LogP contribution < -0.4 is 5.32 Å². The van der Waals surface area contributed by atoms with Crippen LogP contribution >= 0.6 is 23.2 Å². The Bertz CT molecular complexity index is 979. The van der Waals surface area contributed by atoms with Crippen LogP contribution in [0.5, 0.6) is 0 Å². The Morgan fingerprint density at radius 1 is 1.21 bits per heavy atom. The molecule has 1 aromatic heterocycles. The van der Waals surface area contributed by atoms with Gasteiger partial charge in [-0.2, -0.15) is 10.2 Å². The number of hydrogen-bond acceptors (Lipinski definition) is 4. The third-order valence-corrected chi connectivity index (χ3v) is 5.85. The molecule has 1 aliphatic carbocycles. The van der Waals surface area contributed by atoms with Gasteiger partial charge in [0.25, 0.3) is 5.91 Å². The van der Waals surface area contributed by atoms with E-state index in [0.717, 1.165) is 24.3 Å². The van der Waals surface area contributed by atoms with Crippen LogP contribution in [0.2, 0.25) is 10.2 Å². The van der Waals surface area contributed by atoms with Gasteiger partial charge in [0.1, 0.15) is 10.7 Å². The molecule has 4 rings (SSSR count). The van der Waals surface area contributed by atoms with Gasteiger partial charge < -0.3 is 5.32 Å². The molecule has 2 aliphatic rings. The summed E-state index contributed by atoms with van der Waals surface area (Å²) in [5.74, 6) is -0.301. The van der Waals surface area contributed by atoms with E-state index in [2.05, 4.69) is 15.5 Å². The van der Waals surface area contributed by atoms with Gasteiger partial charge in [-0.15, -0.1) is 5.01 Å². The summed E-state index contributed by atoms with van der Waals surface area (Å²) in [4.78, 5) is 25.1. The predicted octanol–water partition coefficient (Wildman–Crippen LogP) is 4.08. The fourth-order valence-electron chi connectivity index (χ4n) is 3.76. The lowest BCUT2D eigenvalue weighted by atomic mass is 9.82. The molecule has 1 N–H and O–H groups in total. The highest BCUT2D eigenvalue weighted by molar-refractivity contribution is 6.32. The molecule has 1 saturated heterocycles. The fourth-order valence-corrected chi connectivity index (χ4v) is 4.26. The maximum absolute atomic E-state index is 12.8. The lowest BCUT2D eigenvalue weighted by Crippen LogP contribution is -2.48. The highest BCUT2D eigenvalue weighted by Gasteiger charge is 2.51. The standard InChI is InChI=1S/C19H19Cl2N5O2/c1-12-15(16(21)25(24-12)14-7-5-6-13(20)10-14)11-22-26-17(27)19(23-18(26)28)8-3-2-4-9-19/h5-7,10-11H,2-4,8-9H2,1H3,(H,23,28). The summed E-state index contributed by atoms with van der Waals surface area (Å²) in [6.07, 6.45) is 5.62. The molecule has 0 bridgehead atoms. The van der Waals surface area contributed by atoms with E-state index in [1.807, 2.05) is 6.07 Å². The first-order valence-corrected chi connectivity index (χ1v) is 9.89. The summed E-state index contributed by atoms with van der Waals surface area (Å²) in [6.45, 7) is 1.78. The minimum atomic E-state index is -0.809. The van der Waals surface area contributed by atoms with Crippen molar-refractivity contribution in [2.45, 2.75) is 44.6 Å². The second kappa shape index (κ2) is 7.22. The monoisotopic (exact) mass is 419 g/mol. The van der Waals surface area contributed by atoms with E-state index in [4.69, 9.17) is 23.2 Å². The predicted molar refractivity (Wildman–Crippen MR) is 107 cm³/mol. The van der Waals surface area contributed by atoms with Gasteiger partial charge in [0.15, 0.2) is 0 Å². The van der Waals surface area contributed by atoms with Gasteiger partial charge in [-0.05, 0) is 38.0 Å². The van der Waals surface area contributed by atoms with Gasteiger partial charge in [-0.3, -0.25) is 4.79 Å². The third kappa shape index (κ3) is 3.18. The molecule has 1 saturated carbocycles. The Labute approximate surface area is 172 Å². The number of imide groups is 1. The minimum Gasteiger partial charge on any atom is -0.321 e. The van der Waals surface area contributed by atoms with Crippen LogP contribution in [0.1, 0.15) is 43.4 Å². The molecule has 0 radical (unpaired) electrons. The summed E-state index contributed by atoms with van der Waals surface area (Å²) < 4.78 is 1.54. The number of amides is 3. The minimum absolute atomic E-state index is 0.301. The number of rotatable bonds is 3. The van der Waals surface area contributed by atoms with Crippen LogP contribution in [-0.4, -0.2) is 38.5 Å². The summed E-state index contributed by atoms with van der Waals surface area (Å²) in [5, 5.41) is 13.2. The number of benzene rings is 1. The van der Waals surface area contributed by atoms with Gasteiger partial charge in [-0.1, -0.05) is 48.5 Å². The van der Waals surface area contributed by atoms with Crippen LogP contribution in [0, 0.1) is 6.92 Å². The second-order valence-corrected chi connectivity index (χ2v) is 7.91. The number of aryl methyl sites for hydroxylation is 1. The van der Waals surface area contributed by atoms with Crippen molar-refractivity contribution >= 4 is 41.4 Å². The van der Waals surface area contributed by atoms with Crippen molar-refractivity contribution in [1.82, 2.24) is 20.1 Å². The van der Waals surface area contributed by atoms with Crippen molar-refractivity contribution in [3.05, 3.63) is 45.7 Å². The van der Waals surface area contributed by atoms with E-state index in [9.17, 15) is 9.59 Å². The molecular formula is C19H19Cl2N5O2. The van der Waals surface area contributed by atoms with Crippen LogP contribution in [0.3, 0.4) is 0 Å². The van der Waals surface area contributed by atoms with Gasteiger partial charge in [0.2, 0.25) is 0 Å². The number of hydrogen-bond donors (Lipinski definition) is 1. The Balaban J connectivity index is 1.62. The summed E-state index contributed by atoms with van der Waals surface area (Å²) in [7, 11) is 0. The highest BCUT2D eigenvalue weighted by Crippen LogP contribution is 2.34. The van der Waals surface area contributed by atoms with E-state index in [0.29, 0.717) is 40.0 Å². The quantitative estimate of drug-likeness (QED) is 0.601. The van der Waals surface area contributed by atoms with Crippen molar-refractivity contribution in [1.29, 1.82) is 0 Å². The summed E-state index contributed by atoms with van der Waals surface area (Å²) in [6, 6.07) is 6.63. The SMILES string of the molecule is Cc1nn(-c2cccc(Cl)c2)c(Cl)c1C=NN1C(=O)NC2(CCCCC2)C1=O. The second-order valence-electron chi connectivity index (χ2n) is 7.12. The number of carbonyl (C=O) groups excluding carboxylic acids is 2. The average Bonchev–Trinajstić information content (AvgIpc) is 3.08. The van der Waals surface area contributed by atoms with Crippen LogP contribution in [0.25, 0.3) is 5.69 Å². The smallest absolute Gasteiger partial charge is 0.321 e. The molecule has 9 heteroatoms. The van der Waals surface area contributed by atoms with Crippen LogP contribution in [0.15, 0.2) is 29.4 Å². The number of urea groups is 1. The van der Waals surface area contributed by atoms with Crippen molar-refractivity contribution in [3.63, 3.8) is 0 Å². The van der Waals surface area contributed by atoms with Crippen molar-refractivity contribution in [2.75, 3.05) is 0 Å². The molecule has 2 aromatic rings. The Hall–Kier alpha value is -2.38. The molecule has 2 heterocycles. The van der Waals surface area contributed by atoms with Crippen molar-refractivity contribution in [2.24, 2.45) is 5.10 Å². The molecule has 3 amide bonds. The lowest BCUT2D eigenvalue weighted by Gasteiger charge is -2.29. The average molecular weight is 420 g/mol.